The number of hydrogen-bond donors (Lipinski definition) is 3. The third-order valence-electron chi connectivity index (χ3n) is 4.77. The van der Waals surface area contributed by atoms with E-state index in [1.807, 2.05) is 42.9 Å². The van der Waals surface area contributed by atoms with Gasteiger partial charge in [0.15, 0.2) is 5.96 Å². The quantitative estimate of drug-likeness (QED) is 0.275. The van der Waals surface area contributed by atoms with E-state index in [1.165, 1.54) is 0 Å². The van der Waals surface area contributed by atoms with Gasteiger partial charge in [-0.3, -0.25) is 4.90 Å². The van der Waals surface area contributed by atoms with Gasteiger partial charge in [0.25, 0.3) is 0 Å². The number of ether oxygens (including phenoxy) is 1. The van der Waals surface area contributed by atoms with Crippen LogP contribution in [0, 0.1) is 0 Å². The molecule has 0 aliphatic carbocycles. The zero-order chi connectivity index (χ0) is 20.5. The minimum atomic E-state index is -0.848. The second-order valence-electron chi connectivity index (χ2n) is 7.55. The summed E-state index contributed by atoms with van der Waals surface area (Å²) in [7, 11) is 0. The number of rotatable bonds is 8. The minimum absolute atomic E-state index is 0. The first kappa shape index (κ1) is 24.6. The fourth-order valence-corrected chi connectivity index (χ4v) is 3.26. The van der Waals surface area contributed by atoms with E-state index in [-0.39, 0.29) is 24.0 Å². The molecule has 0 bridgehead atoms. The van der Waals surface area contributed by atoms with E-state index < -0.39 is 5.60 Å². The molecule has 166 valence electrons. The molecule has 0 radical (unpaired) electrons. The van der Waals surface area contributed by atoms with Crippen molar-refractivity contribution in [2.45, 2.75) is 26.0 Å². The third-order valence-corrected chi connectivity index (χ3v) is 4.77. The van der Waals surface area contributed by atoms with Crippen LogP contribution in [-0.4, -0.2) is 77.3 Å². The van der Waals surface area contributed by atoms with Gasteiger partial charge in [0.2, 0.25) is 0 Å². The Morgan fingerprint density at radius 1 is 1.23 bits per heavy atom. The molecule has 30 heavy (non-hydrogen) atoms. The predicted molar refractivity (Wildman–Crippen MR) is 130 cm³/mol. The summed E-state index contributed by atoms with van der Waals surface area (Å²) in [6.45, 7) is 9.41. The van der Waals surface area contributed by atoms with Crippen LogP contribution in [0.4, 0.5) is 0 Å². The molecule has 1 aromatic carbocycles. The summed E-state index contributed by atoms with van der Waals surface area (Å²) in [5.74, 6) is 0.700. The van der Waals surface area contributed by atoms with Crippen LogP contribution in [0.3, 0.4) is 0 Å². The maximum atomic E-state index is 10.8. The highest BCUT2D eigenvalue weighted by Crippen LogP contribution is 2.10. The molecule has 1 aliphatic rings. The van der Waals surface area contributed by atoms with Gasteiger partial charge < -0.3 is 20.5 Å². The molecule has 1 fully saturated rings. The van der Waals surface area contributed by atoms with Crippen molar-refractivity contribution in [1.29, 1.82) is 0 Å². The number of aliphatic imine (C=N–C) groups is 1. The van der Waals surface area contributed by atoms with E-state index in [2.05, 4.69) is 37.8 Å². The van der Waals surface area contributed by atoms with Gasteiger partial charge in [0, 0.05) is 45.1 Å². The van der Waals surface area contributed by atoms with E-state index in [0.717, 1.165) is 44.1 Å². The lowest BCUT2D eigenvalue weighted by atomic mass is 10.1. The van der Waals surface area contributed by atoms with Gasteiger partial charge in [-0.15, -0.1) is 24.0 Å². The van der Waals surface area contributed by atoms with Crippen LogP contribution in [0.5, 0.6) is 0 Å². The molecule has 8 nitrogen and oxygen atoms in total. The van der Waals surface area contributed by atoms with Gasteiger partial charge >= 0.3 is 0 Å². The average molecular weight is 528 g/mol. The number of morpholine rings is 1. The maximum absolute atomic E-state index is 10.8. The summed E-state index contributed by atoms with van der Waals surface area (Å²) in [6, 6.07) is 10.1. The monoisotopic (exact) mass is 528 g/mol. The van der Waals surface area contributed by atoms with Crippen molar-refractivity contribution in [2.75, 3.05) is 45.9 Å². The van der Waals surface area contributed by atoms with Gasteiger partial charge in [-0.25, -0.2) is 9.67 Å². The number of halogens is 1. The first-order valence-electron chi connectivity index (χ1n) is 10.2. The van der Waals surface area contributed by atoms with Crippen molar-refractivity contribution in [1.82, 2.24) is 25.3 Å². The van der Waals surface area contributed by atoms with Gasteiger partial charge in [0.1, 0.15) is 0 Å². The number of aliphatic hydroxyl groups is 1. The minimum Gasteiger partial charge on any atom is -0.387 e. The molecular formula is C21H33IN6O2. The summed E-state index contributed by atoms with van der Waals surface area (Å²) in [5.41, 5.74) is 1.28. The number of nitrogens with zero attached hydrogens (tertiary/aromatic N) is 4. The van der Waals surface area contributed by atoms with E-state index in [9.17, 15) is 5.11 Å². The Hall–Kier alpha value is -1.69. The molecule has 1 unspecified atom stereocenters. The fourth-order valence-electron chi connectivity index (χ4n) is 3.26. The summed E-state index contributed by atoms with van der Waals surface area (Å²) in [5, 5.41) is 21.5. The Morgan fingerprint density at radius 2 is 1.97 bits per heavy atom. The smallest absolute Gasteiger partial charge is 0.191 e. The standard InChI is InChI=1S/C21H32N6O2.HI/c1-3-22-20(24-16-21(2,28)17-26-11-13-29-14-12-26)23-15-18-5-7-19(8-6-18)27-10-4-9-25-27;/h4-10,28H,3,11-17H2,1-2H3,(H2,22,23,24);1H. The van der Waals surface area contributed by atoms with Crippen molar-refractivity contribution in [3.8, 4) is 5.69 Å². The third kappa shape index (κ3) is 7.86. The first-order valence-corrected chi connectivity index (χ1v) is 10.2. The molecule has 1 aromatic heterocycles. The lowest BCUT2D eigenvalue weighted by Gasteiger charge is -2.34. The first-order chi connectivity index (χ1) is 14.1. The number of guanidine groups is 1. The Labute approximate surface area is 195 Å². The zero-order valence-electron chi connectivity index (χ0n) is 17.8. The van der Waals surface area contributed by atoms with E-state index in [4.69, 9.17) is 4.74 Å². The molecule has 3 rings (SSSR count). The number of nitrogens with one attached hydrogen (secondary N) is 2. The summed E-state index contributed by atoms with van der Waals surface area (Å²) in [6.07, 6.45) is 3.68. The predicted octanol–water partition coefficient (Wildman–Crippen LogP) is 1.63. The highest BCUT2D eigenvalue weighted by Gasteiger charge is 2.25. The summed E-state index contributed by atoms with van der Waals surface area (Å²) in [4.78, 5) is 6.89. The SMILES string of the molecule is CCNC(=NCc1ccc(-n2cccn2)cc1)NCC(C)(O)CN1CCOCC1.I. The fraction of sp³-hybridized carbons (Fsp3) is 0.524. The van der Waals surface area contributed by atoms with Gasteiger partial charge in [-0.05, 0) is 37.6 Å². The van der Waals surface area contributed by atoms with Crippen molar-refractivity contribution < 1.29 is 9.84 Å². The van der Waals surface area contributed by atoms with Crippen molar-refractivity contribution >= 4 is 29.9 Å². The highest BCUT2D eigenvalue weighted by atomic mass is 127. The van der Waals surface area contributed by atoms with Gasteiger partial charge in [0.05, 0.1) is 31.0 Å². The molecule has 9 heteroatoms. The van der Waals surface area contributed by atoms with Crippen LogP contribution in [0.15, 0.2) is 47.7 Å². The molecule has 3 N–H and O–H groups in total. The van der Waals surface area contributed by atoms with E-state index >= 15 is 0 Å². The Morgan fingerprint density at radius 3 is 2.60 bits per heavy atom. The van der Waals surface area contributed by atoms with Crippen molar-refractivity contribution in [3.63, 3.8) is 0 Å². The number of β-amino-alcohol motifs (C(OH)–C–C–N with tert-alkyl or cyclic N) is 1. The molecule has 0 spiro atoms. The molecule has 2 heterocycles. The van der Waals surface area contributed by atoms with Gasteiger partial charge in [-0.1, -0.05) is 12.1 Å². The van der Waals surface area contributed by atoms with Crippen LogP contribution < -0.4 is 10.6 Å². The van der Waals surface area contributed by atoms with Crippen LogP contribution in [0.1, 0.15) is 19.4 Å². The molecule has 0 amide bonds. The normalized spacial score (nSPS) is 17.1. The van der Waals surface area contributed by atoms with Gasteiger partial charge in [-0.2, -0.15) is 5.10 Å². The van der Waals surface area contributed by atoms with Crippen LogP contribution in [-0.2, 0) is 11.3 Å². The zero-order valence-corrected chi connectivity index (χ0v) is 20.1. The average Bonchev–Trinajstić information content (AvgIpc) is 3.26. The number of benzene rings is 1. The molecule has 1 saturated heterocycles. The molecule has 1 atom stereocenters. The topological polar surface area (TPSA) is 86.9 Å². The van der Waals surface area contributed by atoms with Crippen molar-refractivity contribution in [3.05, 3.63) is 48.3 Å². The van der Waals surface area contributed by atoms with E-state index in [1.54, 1.807) is 6.20 Å². The van der Waals surface area contributed by atoms with Crippen molar-refractivity contribution in [2.24, 2.45) is 4.99 Å². The Kier molecular flexibility index (Phi) is 10.0. The molecule has 0 saturated carbocycles. The second kappa shape index (κ2) is 12.2. The Bertz CT molecular complexity index is 758. The van der Waals surface area contributed by atoms with Crippen LogP contribution in [0.2, 0.25) is 0 Å². The largest absolute Gasteiger partial charge is 0.387 e. The van der Waals surface area contributed by atoms with Crippen LogP contribution >= 0.6 is 24.0 Å². The lowest BCUT2D eigenvalue weighted by Crippen LogP contribution is -2.52. The second-order valence-corrected chi connectivity index (χ2v) is 7.55. The Balaban J connectivity index is 0.00000320. The summed E-state index contributed by atoms with van der Waals surface area (Å²) >= 11 is 0. The van der Waals surface area contributed by atoms with E-state index in [0.29, 0.717) is 25.6 Å². The summed E-state index contributed by atoms with van der Waals surface area (Å²) < 4.78 is 7.20. The number of hydrogen-bond acceptors (Lipinski definition) is 5. The lowest BCUT2D eigenvalue weighted by molar-refractivity contribution is -0.0201. The number of aromatic nitrogens is 2. The van der Waals surface area contributed by atoms with Crippen LogP contribution in [0.25, 0.3) is 5.69 Å². The maximum Gasteiger partial charge on any atom is 0.191 e. The highest BCUT2D eigenvalue weighted by molar-refractivity contribution is 14.0. The molecule has 1 aliphatic heterocycles. The molecule has 2 aromatic rings. The molecular weight excluding hydrogens is 495 g/mol.